The molecule has 0 saturated carbocycles. The highest BCUT2D eigenvalue weighted by Crippen LogP contribution is 1.94. The Morgan fingerprint density at radius 2 is 2.12 bits per heavy atom. The second-order valence-corrected chi connectivity index (χ2v) is 3.63. The van der Waals surface area contributed by atoms with Crippen LogP contribution in [-0.4, -0.2) is 23.9 Å². The van der Waals surface area contributed by atoms with Crippen LogP contribution in [0.25, 0.3) is 0 Å². The fourth-order valence-electron chi connectivity index (χ4n) is 1.58. The predicted octanol–water partition coefficient (Wildman–Crippen LogP) is -0.793. The van der Waals surface area contributed by atoms with E-state index in [-0.39, 0.29) is 17.8 Å². The van der Waals surface area contributed by atoms with E-state index in [4.69, 9.17) is 0 Å². The Morgan fingerprint density at radius 1 is 1.35 bits per heavy atom. The van der Waals surface area contributed by atoms with Crippen LogP contribution in [-0.2, 0) is 20.1 Å². The van der Waals surface area contributed by atoms with Crippen molar-refractivity contribution in [3.63, 3.8) is 0 Å². The molecule has 0 saturated heterocycles. The largest absolute Gasteiger partial charge is 0.331 e. The molecule has 0 radical (unpaired) electrons. The van der Waals surface area contributed by atoms with Crippen LogP contribution in [0.1, 0.15) is 12.7 Å². The highest BCUT2D eigenvalue weighted by atomic mass is 16.2. The third kappa shape index (κ3) is 2.03. The zero-order chi connectivity index (χ0) is 12.4. The average molecular weight is 235 g/mol. The van der Waals surface area contributed by atoms with Crippen molar-refractivity contribution in [1.82, 2.24) is 23.9 Å². The summed E-state index contributed by atoms with van der Waals surface area (Å²) in [5.41, 5.74) is -0.693. The Bertz CT molecular complexity index is 637. The Balaban J connectivity index is 2.47. The lowest BCUT2D eigenvalue weighted by Gasteiger charge is -2.06. The van der Waals surface area contributed by atoms with Gasteiger partial charge in [0, 0.05) is 25.9 Å². The van der Waals surface area contributed by atoms with Gasteiger partial charge in [0.15, 0.2) is 0 Å². The first-order chi connectivity index (χ1) is 8.13. The lowest BCUT2D eigenvalue weighted by molar-refractivity contribution is 0.559. The van der Waals surface area contributed by atoms with Crippen LogP contribution in [0.5, 0.6) is 0 Å². The van der Waals surface area contributed by atoms with Crippen molar-refractivity contribution in [3.8, 4) is 0 Å². The van der Waals surface area contributed by atoms with E-state index in [0.717, 1.165) is 4.57 Å². The van der Waals surface area contributed by atoms with Gasteiger partial charge in [0.1, 0.15) is 12.2 Å². The second-order valence-electron chi connectivity index (χ2n) is 3.63. The van der Waals surface area contributed by atoms with Gasteiger partial charge in [-0.15, -0.1) is 0 Å². The van der Waals surface area contributed by atoms with Crippen molar-refractivity contribution < 1.29 is 0 Å². The van der Waals surface area contributed by atoms with Crippen LogP contribution in [0.2, 0.25) is 0 Å². The summed E-state index contributed by atoms with van der Waals surface area (Å²) in [5.74, 6) is 0.595. The summed E-state index contributed by atoms with van der Waals surface area (Å²) in [5, 5.41) is 3.99. The van der Waals surface area contributed by atoms with Gasteiger partial charge < -0.3 is 4.57 Å². The molecule has 0 fully saturated rings. The summed E-state index contributed by atoms with van der Waals surface area (Å²) in [4.78, 5) is 27.4. The smallest absolute Gasteiger partial charge is 0.303 e. The standard InChI is InChI=1S/C10H13N5O2/c1-3-15-8(11-7-12-15)6-14-9(16)4-5-13(2)10(14)17/h4-5,7H,3,6H2,1-2H3. The molecule has 0 aliphatic rings. The SMILES string of the molecule is CCn1ncnc1Cn1c(=O)ccn(C)c1=O. The van der Waals surface area contributed by atoms with Crippen LogP contribution in [0.4, 0.5) is 0 Å². The normalized spacial score (nSPS) is 10.7. The molecule has 2 aromatic heterocycles. The minimum atomic E-state index is -0.358. The van der Waals surface area contributed by atoms with Crippen molar-refractivity contribution in [2.24, 2.45) is 7.05 Å². The summed E-state index contributed by atoms with van der Waals surface area (Å²) in [6.07, 6.45) is 2.86. The summed E-state index contributed by atoms with van der Waals surface area (Å²) in [6.45, 7) is 2.71. The van der Waals surface area contributed by atoms with Crippen LogP contribution in [0.3, 0.4) is 0 Å². The van der Waals surface area contributed by atoms with Gasteiger partial charge in [-0.05, 0) is 6.92 Å². The molecule has 2 heterocycles. The average Bonchev–Trinajstić information content (AvgIpc) is 2.77. The van der Waals surface area contributed by atoms with Gasteiger partial charge in [0.2, 0.25) is 0 Å². The lowest BCUT2D eigenvalue weighted by Crippen LogP contribution is -2.38. The Kier molecular flexibility index (Phi) is 2.90. The monoisotopic (exact) mass is 235 g/mol. The maximum Gasteiger partial charge on any atom is 0.331 e. The molecule has 7 heteroatoms. The van der Waals surface area contributed by atoms with Crippen LogP contribution < -0.4 is 11.2 Å². The molecule has 0 amide bonds. The fraction of sp³-hybridized carbons (Fsp3) is 0.400. The maximum absolute atomic E-state index is 11.8. The summed E-state index contributed by atoms with van der Waals surface area (Å²) in [6, 6.07) is 1.36. The second kappa shape index (κ2) is 4.36. The van der Waals surface area contributed by atoms with Gasteiger partial charge in [0.05, 0.1) is 6.54 Å². The fourth-order valence-corrected chi connectivity index (χ4v) is 1.58. The number of nitrogens with zero attached hydrogens (tertiary/aromatic N) is 5. The first kappa shape index (κ1) is 11.3. The van der Waals surface area contributed by atoms with Crippen LogP contribution in [0, 0.1) is 0 Å². The highest BCUT2D eigenvalue weighted by Gasteiger charge is 2.08. The maximum atomic E-state index is 11.8. The number of hydrogen-bond acceptors (Lipinski definition) is 4. The van der Waals surface area contributed by atoms with E-state index in [0.29, 0.717) is 12.4 Å². The molecule has 0 aliphatic carbocycles. The minimum Gasteiger partial charge on any atom is -0.303 e. The van der Waals surface area contributed by atoms with Crippen molar-refractivity contribution in [3.05, 3.63) is 45.3 Å². The quantitative estimate of drug-likeness (QED) is 0.698. The molecule has 0 aliphatic heterocycles. The summed E-state index contributed by atoms with van der Waals surface area (Å²) < 4.78 is 4.14. The van der Waals surface area contributed by atoms with Gasteiger partial charge in [-0.3, -0.25) is 9.36 Å². The van der Waals surface area contributed by atoms with Crippen LogP contribution in [0.15, 0.2) is 28.2 Å². The van der Waals surface area contributed by atoms with Crippen molar-refractivity contribution in [2.75, 3.05) is 0 Å². The molecule has 90 valence electrons. The first-order valence-electron chi connectivity index (χ1n) is 5.26. The Morgan fingerprint density at radius 3 is 2.82 bits per heavy atom. The number of aromatic nitrogens is 5. The third-order valence-electron chi connectivity index (χ3n) is 2.53. The molecule has 0 N–H and O–H groups in total. The topological polar surface area (TPSA) is 74.7 Å². The van der Waals surface area contributed by atoms with E-state index in [9.17, 15) is 9.59 Å². The molecular weight excluding hydrogens is 222 g/mol. The molecule has 0 atom stereocenters. The van der Waals surface area contributed by atoms with Crippen molar-refractivity contribution in [2.45, 2.75) is 20.0 Å². The highest BCUT2D eigenvalue weighted by molar-refractivity contribution is 4.91. The molecule has 0 spiro atoms. The molecule has 0 aromatic carbocycles. The third-order valence-corrected chi connectivity index (χ3v) is 2.53. The molecule has 0 bridgehead atoms. The predicted molar refractivity (Wildman–Crippen MR) is 60.7 cm³/mol. The number of aryl methyl sites for hydroxylation is 2. The molecule has 17 heavy (non-hydrogen) atoms. The summed E-state index contributed by atoms with van der Waals surface area (Å²) in [7, 11) is 1.60. The van der Waals surface area contributed by atoms with Gasteiger partial charge in [-0.25, -0.2) is 14.5 Å². The Labute approximate surface area is 97.0 Å². The van der Waals surface area contributed by atoms with E-state index >= 15 is 0 Å². The van der Waals surface area contributed by atoms with E-state index in [2.05, 4.69) is 10.1 Å². The minimum absolute atomic E-state index is 0.139. The molecule has 2 aromatic rings. The first-order valence-corrected chi connectivity index (χ1v) is 5.26. The zero-order valence-electron chi connectivity index (χ0n) is 9.70. The number of rotatable bonds is 3. The lowest BCUT2D eigenvalue weighted by atomic mass is 10.5. The number of hydrogen-bond donors (Lipinski definition) is 0. The van der Waals surface area contributed by atoms with Crippen molar-refractivity contribution >= 4 is 0 Å². The molecular formula is C10H13N5O2. The van der Waals surface area contributed by atoms with E-state index in [1.54, 1.807) is 11.7 Å². The van der Waals surface area contributed by atoms with Crippen molar-refractivity contribution in [1.29, 1.82) is 0 Å². The van der Waals surface area contributed by atoms with E-state index in [1.807, 2.05) is 6.92 Å². The van der Waals surface area contributed by atoms with E-state index < -0.39 is 0 Å². The molecule has 7 nitrogen and oxygen atoms in total. The van der Waals surface area contributed by atoms with Gasteiger partial charge in [-0.2, -0.15) is 5.10 Å². The van der Waals surface area contributed by atoms with Gasteiger partial charge in [0.25, 0.3) is 5.56 Å². The van der Waals surface area contributed by atoms with E-state index in [1.165, 1.54) is 23.2 Å². The molecule has 0 unspecified atom stereocenters. The van der Waals surface area contributed by atoms with Gasteiger partial charge >= 0.3 is 5.69 Å². The van der Waals surface area contributed by atoms with Crippen LogP contribution >= 0.6 is 0 Å². The zero-order valence-corrected chi connectivity index (χ0v) is 9.70. The summed E-state index contributed by atoms with van der Waals surface area (Å²) >= 11 is 0. The molecule has 2 rings (SSSR count). The Hall–Kier alpha value is -2.18. The van der Waals surface area contributed by atoms with Gasteiger partial charge in [-0.1, -0.05) is 0 Å².